The molecule has 1 aliphatic carbocycles. The lowest BCUT2D eigenvalue weighted by molar-refractivity contribution is 0.897. The molecule has 0 amide bonds. The summed E-state index contributed by atoms with van der Waals surface area (Å²) in [5, 5.41) is 0. The summed E-state index contributed by atoms with van der Waals surface area (Å²) in [6.07, 6.45) is 3.40. The maximum absolute atomic E-state index is 4.14. The fourth-order valence-corrected chi connectivity index (χ4v) is 1.43. The van der Waals surface area contributed by atoms with Gasteiger partial charge in [0.1, 0.15) is 0 Å². The van der Waals surface area contributed by atoms with Gasteiger partial charge in [-0.1, -0.05) is 0 Å². The van der Waals surface area contributed by atoms with E-state index in [-0.39, 0.29) is 0 Å². The zero-order chi connectivity index (χ0) is 8.27. The van der Waals surface area contributed by atoms with Crippen molar-refractivity contribution in [2.24, 2.45) is 9.98 Å². The molecule has 0 aliphatic heterocycles. The summed E-state index contributed by atoms with van der Waals surface area (Å²) in [5.74, 6) is 0. The number of hydrogen-bond acceptors (Lipinski definition) is 2. The van der Waals surface area contributed by atoms with Crippen molar-refractivity contribution in [3.05, 3.63) is 11.3 Å². The third kappa shape index (κ3) is 1.56. The Morgan fingerprint density at radius 1 is 1.45 bits per heavy atom. The molecule has 11 heavy (non-hydrogen) atoms. The van der Waals surface area contributed by atoms with E-state index in [4.69, 9.17) is 0 Å². The molecule has 0 aromatic rings. The van der Waals surface area contributed by atoms with Crippen LogP contribution in [0.3, 0.4) is 0 Å². The van der Waals surface area contributed by atoms with Crippen molar-refractivity contribution in [3.8, 4) is 0 Å². The lowest BCUT2D eigenvalue weighted by Crippen LogP contribution is -1.95. The number of allylic oxidation sites excluding steroid dienone is 2. The summed E-state index contributed by atoms with van der Waals surface area (Å²) in [4.78, 5) is 8.13. The van der Waals surface area contributed by atoms with E-state index in [1.165, 1.54) is 12.0 Å². The average molecular weight is 150 g/mol. The van der Waals surface area contributed by atoms with Crippen molar-refractivity contribution in [3.63, 3.8) is 0 Å². The zero-order valence-electron chi connectivity index (χ0n) is 7.22. The molecule has 0 spiro atoms. The second kappa shape index (κ2) is 3.46. The van der Waals surface area contributed by atoms with Gasteiger partial charge in [0.2, 0.25) is 0 Å². The van der Waals surface area contributed by atoms with Gasteiger partial charge in [-0.15, -0.1) is 0 Å². The Kier molecular flexibility index (Phi) is 2.58. The molecule has 0 saturated heterocycles. The topological polar surface area (TPSA) is 24.7 Å². The van der Waals surface area contributed by atoms with Crippen LogP contribution in [-0.4, -0.2) is 19.5 Å². The van der Waals surface area contributed by atoms with Crippen molar-refractivity contribution >= 4 is 12.4 Å². The lowest BCUT2D eigenvalue weighted by atomic mass is 10.1. The van der Waals surface area contributed by atoms with Crippen molar-refractivity contribution < 1.29 is 0 Å². The number of aliphatic imine (C=N–C) groups is 2. The highest BCUT2D eigenvalue weighted by Crippen LogP contribution is 2.27. The molecule has 1 rings (SSSR count). The second-order valence-corrected chi connectivity index (χ2v) is 2.75. The highest BCUT2D eigenvalue weighted by Gasteiger charge is 2.14. The van der Waals surface area contributed by atoms with Crippen LogP contribution in [0.15, 0.2) is 21.3 Å². The predicted octanol–water partition coefficient (Wildman–Crippen LogP) is 2.22. The molecule has 0 aromatic carbocycles. The average Bonchev–Trinajstić information content (AvgIpc) is 2.50. The molecule has 0 N–H and O–H groups in total. The van der Waals surface area contributed by atoms with E-state index in [0.717, 1.165) is 24.3 Å². The summed E-state index contributed by atoms with van der Waals surface area (Å²) in [5.41, 5.74) is 3.57. The van der Waals surface area contributed by atoms with Crippen LogP contribution in [0.4, 0.5) is 0 Å². The van der Waals surface area contributed by atoms with Gasteiger partial charge in [0.05, 0.1) is 0 Å². The van der Waals surface area contributed by atoms with Gasteiger partial charge in [-0.3, -0.25) is 9.98 Å². The van der Waals surface area contributed by atoms with Gasteiger partial charge in [-0.05, 0) is 38.5 Å². The van der Waals surface area contributed by atoms with Crippen LogP contribution in [0.2, 0.25) is 0 Å². The van der Waals surface area contributed by atoms with Gasteiger partial charge >= 0.3 is 0 Å². The maximum Gasteiger partial charge on any atom is 0.0446 e. The number of hydrogen-bond donors (Lipinski definition) is 0. The van der Waals surface area contributed by atoms with E-state index in [9.17, 15) is 0 Å². The van der Waals surface area contributed by atoms with E-state index < -0.39 is 0 Å². The smallest absolute Gasteiger partial charge is 0.0446 e. The van der Waals surface area contributed by atoms with Crippen molar-refractivity contribution in [1.82, 2.24) is 0 Å². The number of rotatable bonds is 2. The third-order valence-electron chi connectivity index (χ3n) is 2.15. The Morgan fingerprint density at radius 2 is 2.18 bits per heavy atom. The van der Waals surface area contributed by atoms with Crippen LogP contribution in [0.25, 0.3) is 0 Å². The molecule has 0 fully saturated rings. The molecular formula is C9H14N2. The fourth-order valence-electron chi connectivity index (χ4n) is 1.43. The van der Waals surface area contributed by atoms with Crippen LogP contribution >= 0.6 is 0 Å². The molecule has 0 heterocycles. The summed E-state index contributed by atoms with van der Waals surface area (Å²) in [7, 11) is 1.82. The monoisotopic (exact) mass is 150 g/mol. The van der Waals surface area contributed by atoms with E-state index in [1.807, 2.05) is 14.0 Å². The molecule has 0 unspecified atom stereocenters. The Bertz CT molecular complexity index is 224. The molecule has 0 radical (unpaired) electrons. The molecule has 0 bridgehead atoms. The number of nitrogens with zero attached hydrogens (tertiary/aromatic N) is 2. The maximum atomic E-state index is 4.14. The normalized spacial score (nSPS) is 19.3. The van der Waals surface area contributed by atoms with Crippen LogP contribution in [0.1, 0.15) is 26.2 Å². The standard InChI is InChI=1S/C9H14N2/c1-7(10-2)8-5-4-6-9(8)11-3/h3-6H2,1-2H3. The Balaban J connectivity index is 2.91. The van der Waals surface area contributed by atoms with Crippen LogP contribution in [0, 0.1) is 0 Å². The van der Waals surface area contributed by atoms with Crippen LogP contribution < -0.4 is 0 Å². The quantitative estimate of drug-likeness (QED) is 0.539. The summed E-state index contributed by atoms with van der Waals surface area (Å²) >= 11 is 0. The van der Waals surface area contributed by atoms with Crippen molar-refractivity contribution in [1.29, 1.82) is 0 Å². The molecule has 0 aromatic heterocycles. The highest BCUT2D eigenvalue weighted by atomic mass is 14.7. The van der Waals surface area contributed by atoms with E-state index in [1.54, 1.807) is 0 Å². The SMILES string of the molecule is C=NC1=C(C(C)=NC)CCC1. The largest absolute Gasteiger partial charge is 0.293 e. The Morgan fingerprint density at radius 3 is 2.73 bits per heavy atom. The van der Waals surface area contributed by atoms with Crippen LogP contribution in [0.5, 0.6) is 0 Å². The molecular weight excluding hydrogens is 136 g/mol. The summed E-state index contributed by atoms with van der Waals surface area (Å²) < 4.78 is 0. The van der Waals surface area contributed by atoms with Gasteiger partial charge in [0.25, 0.3) is 0 Å². The van der Waals surface area contributed by atoms with Gasteiger partial charge < -0.3 is 0 Å². The molecule has 1 aliphatic rings. The summed E-state index contributed by atoms with van der Waals surface area (Å²) in [6, 6.07) is 0. The van der Waals surface area contributed by atoms with E-state index >= 15 is 0 Å². The first-order chi connectivity index (χ1) is 5.29. The third-order valence-corrected chi connectivity index (χ3v) is 2.15. The molecule has 0 saturated carbocycles. The lowest BCUT2D eigenvalue weighted by Gasteiger charge is -2.00. The van der Waals surface area contributed by atoms with E-state index in [2.05, 4.69) is 16.7 Å². The first-order valence-corrected chi connectivity index (χ1v) is 3.92. The minimum Gasteiger partial charge on any atom is -0.293 e. The Hall–Kier alpha value is -0.920. The first-order valence-electron chi connectivity index (χ1n) is 3.92. The van der Waals surface area contributed by atoms with Gasteiger partial charge in [-0.2, -0.15) is 0 Å². The fraction of sp³-hybridized carbons (Fsp3) is 0.556. The minimum atomic E-state index is 1.08. The predicted molar refractivity (Wildman–Crippen MR) is 49.5 cm³/mol. The second-order valence-electron chi connectivity index (χ2n) is 2.75. The molecule has 2 heteroatoms. The van der Waals surface area contributed by atoms with Crippen molar-refractivity contribution in [2.75, 3.05) is 7.05 Å². The van der Waals surface area contributed by atoms with Gasteiger partial charge in [0.15, 0.2) is 0 Å². The Labute approximate surface area is 67.8 Å². The van der Waals surface area contributed by atoms with Crippen LogP contribution in [-0.2, 0) is 0 Å². The molecule has 2 nitrogen and oxygen atoms in total. The van der Waals surface area contributed by atoms with E-state index in [0.29, 0.717) is 0 Å². The van der Waals surface area contributed by atoms with Gasteiger partial charge in [0, 0.05) is 18.5 Å². The molecule has 0 atom stereocenters. The summed E-state index contributed by atoms with van der Waals surface area (Å²) in [6.45, 7) is 5.58. The highest BCUT2D eigenvalue weighted by molar-refractivity contribution is 5.99. The first kappa shape index (κ1) is 8.18. The van der Waals surface area contributed by atoms with Gasteiger partial charge in [-0.25, -0.2) is 0 Å². The minimum absolute atomic E-state index is 1.08. The zero-order valence-corrected chi connectivity index (χ0v) is 7.22. The molecule has 60 valence electrons. The van der Waals surface area contributed by atoms with Crippen molar-refractivity contribution in [2.45, 2.75) is 26.2 Å².